The third kappa shape index (κ3) is 22.3. The first-order valence-corrected chi connectivity index (χ1v) is 54.7. The van der Waals surface area contributed by atoms with Gasteiger partial charge in [-0.05, 0) is 251 Å². The smallest absolute Gasteiger partial charge is 0.0541 e. The minimum Gasteiger partial charge on any atom is -0.399 e. The van der Waals surface area contributed by atoms with Crippen LogP contribution in [0.25, 0.3) is 88.4 Å². The van der Waals surface area contributed by atoms with E-state index in [1.807, 2.05) is 12.1 Å². The van der Waals surface area contributed by atoms with Crippen LogP contribution >= 0.6 is 63.7 Å². The number of hydrogen-bond donors (Lipinski definition) is 1. The van der Waals surface area contributed by atoms with Crippen molar-refractivity contribution in [2.24, 2.45) is 0 Å². The average molecular weight is 2000 g/mol. The van der Waals surface area contributed by atoms with Gasteiger partial charge in [-0.3, -0.25) is 0 Å². The van der Waals surface area contributed by atoms with Gasteiger partial charge >= 0.3 is 0 Å². The average Bonchev–Trinajstić information content (AvgIpc) is 1.56. The highest BCUT2D eigenvalue weighted by molar-refractivity contribution is 9.11. The summed E-state index contributed by atoms with van der Waals surface area (Å²) in [6.07, 6.45) is 55.1. The molecule has 2 heterocycles. The molecule has 0 saturated carbocycles. The third-order valence-corrected chi connectivity index (χ3v) is 31.8. The molecule has 0 aliphatic heterocycles. The molecule has 17 rings (SSSR count). The van der Waals surface area contributed by atoms with Crippen molar-refractivity contribution in [1.29, 1.82) is 0 Å². The molecule has 0 radical (unpaired) electrons. The maximum absolute atomic E-state index is 5.80. The maximum atomic E-state index is 5.80. The Morgan fingerprint density at radius 2 is 0.427 bits per heavy atom. The Kier molecular flexibility index (Phi) is 35.5. The van der Waals surface area contributed by atoms with E-state index in [9.17, 15) is 0 Å². The number of para-hydroxylation sites is 4. The summed E-state index contributed by atoms with van der Waals surface area (Å²) in [6.45, 7) is 14.0. The number of fused-ring (bicyclic) bond motifs is 15. The lowest BCUT2D eigenvalue weighted by Gasteiger charge is -2.35. The molecule has 14 aromatic rings. The second-order valence-electron chi connectivity index (χ2n) is 38.8. The second kappa shape index (κ2) is 47.8. The van der Waals surface area contributed by atoms with Gasteiger partial charge in [-0.2, -0.15) is 0 Å². The Labute approximate surface area is 821 Å². The van der Waals surface area contributed by atoms with Crippen LogP contribution in [0.3, 0.4) is 0 Å². The van der Waals surface area contributed by atoms with E-state index in [0.717, 1.165) is 11.4 Å². The van der Waals surface area contributed by atoms with Crippen LogP contribution in [-0.2, 0) is 16.2 Å². The predicted octanol–water partition coefficient (Wildman–Crippen LogP) is 40.7. The van der Waals surface area contributed by atoms with Crippen molar-refractivity contribution in [3.63, 3.8) is 0 Å². The number of hydrogen-bond acceptors (Lipinski definition) is 2. The highest BCUT2D eigenvalue weighted by Gasteiger charge is 2.46. The van der Waals surface area contributed by atoms with Crippen molar-refractivity contribution in [3.8, 4) is 44.8 Å². The molecule has 0 spiro atoms. The van der Waals surface area contributed by atoms with Crippen molar-refractivity contribution in [2.75, 3.05) is 10.6 Å². The zero-order valence-corrected chi connectivity index (χ0v) is 86.2. The van der Waals surface area contributed by atoms with E-state index >= 15 is 0 Å². The third-order valence-electron chi connectivity index (χ3n) is 29.8. The van der Waals surface area contributed by atoms with Crippen molar-refractivity contribution >= 4 is 130 Å². The molecule has 2 aromatic heterocycles. The molecule has 0 amide bonds. The predicted molar refractivity (Wildman–Crippen MR) is 585 cm³/mol. The maximum Gasteiger partial charge on any atom is 0.0541 e. The van der Waals surface area contributed by atoms with Crippen molar-refractivity contribution < 1.29 is 0 Å². The topological polar surface area (TPSA) is 39.1 Å². The van der Waals surface area contributed by atoms with Crippen LogP contribution in [0.15, 0.2) is 273 Å². The van der Waals surface area contributed by atoms with E-state index in [1.54, 1.807) is 22.3 Å². The Morgan fingerprint density at radius 1 is 0.221 bits per heavy atom. The van der Waals surface area contributed by atoms with Crippen molar-refractivity contribution in [2.45, 2.75) is 327 Å². The Balaban J connectivity index is 0.000000207. The lowest BCUT2D eigenvalue weighted by Crippen LogP contribution is -2.26. The monoisotopic (exact) mass is 1990 g/mol. The van der Waals surface area contributed by atoms with Gasteiger partial charge in [0.2, 0.25) is 0 Å². The number of rotatable bonds is 47. The molecule has 2 N–H and O–H groups in total. The molecule has 131 heavy (non-hydrogen) atoms. The molecular formula is C123H146Br4N4. The highest BCUT2D eigenvalue weighted by atomic mass is 79.9. The largest absolute Gasteiger partial charge is 0.399 e. The van der Waals surface area contributed by atoms with Crippen LogP contribution in [0.1, 0.15) is 345 Å². The lowest BCUT2D eigenvalue weighted by molar-refractivity contribution is 0.397. The summed E-state index contributed by atoms with van der Waals surface area (Å²) in [5.74, 6) is 0. The van der Waals surface area contributed by atoms with Gasteiger partial charge < -0.3 is 19.8 Å². The molecule has 0 unspecified atom stereocenters. The minimum absolute atomic E-state index is 0.0532. The Hall–Kier alpha value is -8.24. The molecule has 0 saturated heterocycles. The van der Waals surface area contributed by atoms with Crippen LogP contribution in [0.4, 0.5) is 22.7 Å². The molecule has 3 aliphatic carbocycles. The number of nitrogens with two attached hydrogens (primary N) is 1. The number of nitrogen functional groups attached to an aromatic ring is 1. The quantitative estimate of drug-likeness (QED) is 0.0305. The summed E-state index contributed by atoms with van der Waals surface area (Å²) in [5, 5.41) is 5.14. The molecule has 4 nitrogen and oxygen atoms in total. The standard InChI is InChI=1S/C76H92Br2N2.C29H40Br2.C18H14N2/c1-5-9-13-17-21-29-49-75(50-30-22-18-14-10-6-2)69-53-57(77)37-45-63(69)65-47-43-61(55-71(65)75)79(59-39-41-60(42-40-59)80-73-35-27-25-33-67(73)68-34-26-28-36-74(68)80)62-44-48-66-64-46-38-58(78)54-70(64)76(72(66)56-62,51-31-23-19-15-11-7-3)52-32-24-20-16-12-8-4;1-3-5-7-9-11-13-19-29(20-14-12-10-8-6-4-2)27-21-23(30)15-17-25(27)26-18-16-24(31)22-28(26)29;19-13-9-11-14(12-10-13)20-17-7-3-1-5-15(17)16-6-2-4-8-18(16)20/h25-28,33-48,53-56H,5-24,29-32,49-52H2,1-4H3;15-18,21-22H,3-14,19-20H2,1-2H3;1-12H,19H2. The molecule has 0 bridgehead atoms. The Bertz CT molecular complexity index is 5670. The fraction of sp³-hybridized carbons (Fsp3) is 0.415. The summed E-state index contributed by atoms with van der Waals surface area (Å²) >= 11 is 15.6. The van der Waals surface area contributed by atoms with Gasteiger partial charge in [-0.25, -0.2) is 0 Å². The number of benzene rings is 12. The molecule has 3 aliphatic rings. The lowest BCUT2D eigenvalue weighted by atomic mass is 9.70. The molecular weight excluding hydrogens is 1850 g/mol. The van der Waals surface area contributed by atoms with Crippen molar-refractivity contribution in [1.82, 2.24) is 9.13 Å². The van der Waals surface area contributed by atoms with Gasteiger partial charge in [0.05, 0.1) is 22.1 Å². The van der Waals surface area contributed by atoms with Gasteiger partial charge in [0, 0.05) is 89.8 Å². The van der Waals surface area contributed by atoms with Gasteiger partial charge in [0.25, 0.3) is 0 Å². The van der Waals surface area contributed by atoms with Crippen LogP contribution < -0.4 is 10.6 Å². The van der Waals surface area contributed by atoms with Gasteiger partial charge in [0.15, 0.2) is 0 Å². The van der Waals surface area contributed by atoms with Gasteiger partial charge in [-0.15, -0.1) is 0 Å². The summed E-state index contributed by atoms with van der Waals surface area (Å²) in [5.41, 5.74) is 35.6. The first-order chi connectivity index (χ1) is 64.3. The molecule has 8 heteroatoms. The van der Waals surface area contributed by atoms with E-state index in [-0.39, 0.29) is 16.2 Å². The summed E-state index contributed by atoms with van der Waals surface area (Å²) < 4.78 is 9.57. The first-order valence-electron chi connectivity index (χ1n) is 51.6. The van der Waals surface area contributed by atoms with Crippen LogP contribution in [0.5, 0.6) is 0 Å². The SMILES string of the molecule is CCCCCCCCC1(CCCCCCCC)c2cc(Br)ccc2-c2ccc(Br)cc21.CCCCCCCCC1(CCCCCCCC)c2cc(Br)ccc2-c2ccc(N(c3ccc(-n4c5ccccc5c5ccccc54)cc3)c3ccc4c(c3)C(CCCCCCCC)(CCCCCCCC)c3cc(Br)ccc3-4)cc21.Nc1ccc(-n2c3ccccc3c3ccccc32)cc1. The number of unbranched alkanes of at least 4 members (excludes halogenated alkanes) is 30. The minimum atomic E-state index is -0.0532. The highest BCUT2D eigenvalue weighted by Crippen LogP contribution is 2.60. The molecule has 686 valence electrons. The zero-order chi connectivity index (χ0) is 90.9. The number of nitrogens with zero attached hydrogens (tertiary/aromatic N) is 3. The van der Waals surface area contributed by atoms with Crippen molar-refractivity contribution in [3.05, 3.63) is 306 Å². The van der Waals surface area contributed by atoms with E-state index in [4.69, 9.17) is 5.73 Å². The molecule has 0 fully saturated rings. The van der Waals surface area contributed by atoms with Crippen LogP contribution in [0, 0.1) is 0 Å². The fourth-order valence-corrected chi connectivity index (χ4v) is 24.5. The summed E-state index contributed by atoms with van der Waals surface area (Å²) in [6, 6.07) is 96.2. The van der Waals surface area contributed by atoms with E-state index in [0.29, 0.717) is 0 Å². The van der Waals surface area contributed by atoms with Gasteiger partial charge in [0.1, 0.15) is 0 Å². The van der Waals surface area contributed by atoms with Gasteiger partial charge in [-0.1, -0.05) is 446 Å². The molecule has 12 aromatic carbocycles. The number of halogens is 4. The number of aromatic nitrogens is 2. The zero-order valence-electron chi connectivity index (χ0n) is 79.9. The first kappa shape index (κ1) is 97.3. The molecule has 0 atom stereocenters. The van der Waals surface area contributed by atoms with Crippen LogP contribution in [0.2, 0.25) is 0 Å². The van der Waals surface area contributed by atoms with E-state index in [1.165, 1.54) is 398 Å². The van der Waals surface area contributed by atoms with Crippen LogP contribution in [-0.4, -0.2) is 9.13 Å². The van der Waals surface area contributed by atoms with E-state index in [2.05, 4.69) is 362 Å². The normalized spacial score (nSPS) is 13.4. The summed E-state index contributed by atoms with van der Waals surface area (Å²) in [4.78, 5) is 2.65. The number of anilines is 4. The van der Waals surface area contributed by atoms with E-state index < -0.39 is 0 Å². The summed E-state index contributed by atoms with van der Waals surface area (Å²) in [7, 11) is 0. The fourth-order valence-electron chi connectivity index (χ4n) is 23.1. The Morgan fingerprint density at radius 3 is 0.679 bits per heavy atom. The second-order valence-corrected chi connectivity index (χ2v) is 42.4.